The van der Waals surface area contributed by atoms with Gasteiger partial charge in [-0.25, -0.2) is 9.78 Å². The molecule has 25 heavy (non-hydrogen) atoms. The number of halogens is 1. The highest BCUT2D eigenvalue weighted by molar-refractivity contribution is 9.10. The van der Waals surface area contributed by atoms with Crippen LogP contribution in [0.3, 0.4) is 0 Å². The van der Waals surface area contributed by atoms with Gasteiger partial charge in [0.25, 0.3) is 0 Å². The zero-order chi connectivity index (χ0) is 18.2. The maximum Gasteiger partial charge on any atom is 0.350 e. The van der Waals surface area contributed by atoms with E-state index in [-0.39, 0.29) is 17.9 Å². The number of esters is 1. The number of rotatable bonds is 6. The summed E-state index contributed by atoms with van der Waals surface area (Å²) < 4.78 is 11.3. The second kappa shape index (κ2) is 8.86. The predicted octanol–water partition coefficient (Wildman–Crippen LogP) is 4.22. The van der Waals surface area contributed by atoms with Crippen molar-refractivity contribution >= 4 is 33.7 Å². The quantitative estimate of drug-likeness (QED) is 0.240. The predicted molar refractivity (Wildman–Crippen MR) is 101 cm³/mol. The van der Waals surface area contributed by atoms with E-state index in [2.05, 4.69) is 33.4 Å². The Morgan fingerprint density at radius 3 is 2.64 bits per heavy atom. The normalized spacial score (nSPS) is 11.1. The number of benzene rings is 1. The Kier molecular flexibility index (Phi) is 6.55. The van der Waals surface area contributed by atoms with Gasteiger partial charge >= 0.3 is 5.97 Å². The van der Waals surface area contributed by atoms with Crippen molar-refractivity contribution in [3.8, 4) is 12.3 Å². The molecule has 0 radical (unpaired) electrons. The van der Waals surface area contributed by atoms with Crippen LogP contribution in [0.1, 0.15) is 16.8 Å². The van der Waals surface area contributed by atoms with Crippen LogP contribution in [0, 0.1) is 12.3 Å². The van der Waals surface area contributed by atoms with Crippen LogP contribution < -0.4 is 0 Å². The molecule has 0 fully saturated rings. The fourth-order valence-electron chi connectivity index (χ4n) is 2.13. The Balaban J connectivity index is 2.53. The highest BCUT2D eigenvalue weighted by atomic mass is 79.9. The molecular weight excluding hydrogens is 382 g/mol. The van der Waals surface area contributed by atoms with E-state index in [1.165, 1.54) is 7.11 Å². The summed E-state index contributed by atoms with van der Waals surface area (Å²) in [6.45, 7) is 4.00. The molecule has 0 saturated carbocycles. The lowest BCUT2D eigenvalue weighted by Gasteiger charge is -2.15. The highest BCUT2D eigenvalue weighted by Crippen LogP contribution is 2.27. The average molecular weight is 398 g/mol. The fourth-order valence-corrected chi connectivity index (χ4v) is 2.45. The minimum atomic E-state index is -0.650. The lowest BCUT2D eigenvalue weighted by atomic mass is 10.1. The number of methoxy groups -OCH3 is 1. The molecule has 0 saturated heterocycles. The first-order valence-electron chi connectivity index (χ1n) is 7.36. The average Bonchev–Trinajstić information content (AvgIpc) is 2.65. The second-order valence-corrected chi connectivity index (χ2v) is 5.70. The standard InChI is InChI=1S/C20H16BrNO3/c1-4-15(20(23)24-3)19(25-13-14-9-7-6-8-10-14)16-11-12-18(21)22-17(16)5-2/h1,5-12H,2,13H2,3H3/b19-15-. The molecule has 126 valence electrons. The molecular formula is C20H16BrNO3. The summed E-state index contributed by atoms with van der Waals surface area (Å²) in [5.41, 5.74) is 2.03. The van der Waals surface area contributed by atoms with Gasteiger partial charge in [-0.05, 0) is 39.7 Å². The summed E-state index contributed by atoms with van der Waals surface area (Å²) in [6.07, 6.45) is 7.10. The van der Waals surface area contributed by atoms with Crippen molar-refractivity contribution in [2.45, 2.75) is 6.61 Å². The van der Waals surface area contributed by atoms with E-state index in [1.807, 2.05) is 30.3 Å². The summed E-state index contributed by atoms with van der Waals surface area (Å²) in [6, 6.07) is 13.0. The summed E-state index contributed by atoms with van der Waals surface area (Å²) in [7, 11) is 1.27. The maximum absolute atomic E-state index is 12.1. The number of nitrogens with zero attached hydrogens (tertiary/aromatic N) is 1. The lowest BCUT2D eigenvalue weighted by molar-refractivity contribution is -0.135. The molecule has 1 aromatic carbocycles. The third-order valence-corrected chi connectivity index (χ3v) is 3.76. The van der Waals surface area contributed by atoms with Gasteiger partial charge in [-0.3, -0.25) is 0 Å². The van der Waals surface area contributed by atoms with Gasteiger partial charge in [0.1, 0.15) is 11.2 Å². The summed E-state index contributed by atoms with van der Waals surface area (Å²) >= 11 is 3.31. The number of ether oxygens (including phenoxy) is 2. The van der Waals surface area contributed by atoms with Gasteiger partial charge in [0.15, 0.2) is 11.3 Å². The summed E-state index contributed by atoms with van der Waals surface area (Å²) in [5.74, 6) is 1.94. The van der Waals surface area contributed by atoms with E-state index in [4.69, 9.17) is 15.9 Å². The molecule has 5 heteroatoms. The van der Waals surface area contributed by atoms with Crippen molar-refractivity contribution in [1.29, 1.82) is 0 Å². The first-order chi connectivity index (χ1) is 12.1. The van der Waals surface area contributed by atoms with Gasteiger partial charge in [0.2, 0.25) is 0 Å². The molecule has 0 aliphatic heterocycles. The molecule has 0 N–H and O–H groups in total. The van der Waals surface area contributed by atoms with Gasteiger partial charge in [-0.15, -0.1) is 6.42 Å². The molecule has 0 unspecified atom stereocenters. The molecule has 1 aromatic heterocycles. The van der Waals surface area contributed by atoms with Gasteiger partial charge in [-0.2, -0.15) is 0 Å². The summed E-state index contributed by atoms with van der Waals surface area (Å²) in [5, 5.41) is 0. The molecule has 0 bridgehead atoms. The van der Waals surface area contributed by atoms with Crippen molar-refractivity contribution in [3.05, 3.63) is 76.0 Å². The molecule has 0 atom stereocenters. The third kappa shape index (κ3) is 4.59. The Morgan fingerprint density at radius 1 is 1.32 bits per heavy atom. The van der Waals surface area contributed by atoms with Crippen molar-refractivity contribution in [3.63, 3.8) is 0 Å². The minimum Gasteiger partial charge on any atom is -0.487 e. The number of pyridine rings is 1. The first-order valence-corrected chi connectivity index (χ1v) is 8.15. The van der Waals surface area contributed by atoms with Gasteiger partial charge in [0, 0.05) is 5.56 Å². The number of aromatic nitrogens is 1. The zero-order valence-corrected chi connectivity index (χ0v) is 15.2. The summed E-state index contributed by atoms with van der Waals surface area (Å²) in [4.78, 5) is 16.4. The molecule has 0 spiro atoms. The van der Waals surface area contributed by atoms with Crippen LogP contribution in [0.2, 0.25) is 0 Å². The Bertz CT molecular complexity index is 851. The van der Waals surface area contributed by atoms with Crippen LogP contribution in [-0.2, 0) is 20.9 Å². The van der Waals surface area contributed by atoms with E-state index in [0.29, 0.717) is 15.9 Å². The molecule has 2 aromatic rings. The topological polar surface area (TPSA) is 48.4 Å². The Hall–Kier alpha value is -2.84. The molecule has 4 nitrogen and oxygen atoms in total. The number of carbonyl (C=O) groups excluding carboxylic acids is 1. The molecule has 0 aliphatic carbocycles. The van der Waals surface area contributed by atoms with Crippen molar-refractivity contribution in [2.75, 3.05) is 7.11 Å². The van der Waals surface area contributed by atoms with E-state index in [9.17, 15) is 4.79 Å². The fraction of sp³-hybridized carbons (Fsp3) is 0.100. The van der Waals surface area contributed by atoms with Crippen LogP contribution >= 0.6 is 15.9 Å². The lowest BCUT2D eigenvalue weighted by Crippen LogP contribution is -2.09. The van der Waals surface area contributed by atoms with Gasteiger partial charge < -0.3 is 9.47 Å². The van der Waals surface area contributed by atoms with E-state index >= 15 is 0 Å². The third-order valence-electron chi connectivity index (χ3n) is 3.32. The van der Waals surface area contributed by atoms with Crippen LogP contribution in [0.5, 0.6) is 0 Å². The number of carbonyl (C=O) groups is 1. The zero-order valence-electron chi connectivity index (χ0n) is 13.7. The van der Waals surface area contributed by atoms with Gasteiger partial charge in [0.05, 0.1) is 12.8 Å². The Labute approximate surface area is 155 Å². The van der Waals surface area contributed by atoms with Crippen LogP contribution in [0.15, 0.2) is 59.2 Å². The van der Waals surface area contributed by atoms with Crippen LogP contribution in [0.4, 0.5) is 0 Å². The van der Waals surface area contributed by atoms with E-state index in [1.54, 1.807) is 18.2 Å². The Morgan fingerprint density at radius 2 is 2.04 bits per heavy atom. The smallest absolute Gasteiger partial charge is 0.350 e. The van der Waals surface area contributed by atoms with Crippen LogP contribution in [-0.4, -0.2) is 18.1 Å². The number of hydrogen-bond donors (Lipinski definition) is 0. The van der Waals surface area contributed by atoms with Crippen molar-refractivity contribution in [2.24, 2.45) is 0 Å². The second-order valence-electron chi connectivity index (χ2n) is 4.89. The van der Waals surface area contributed by atoms with Gasteiger partial charge in [-0.1, -0.05) is 42.8 Å². The first kappa shape index (κ1) is 18.5. The van der Waals surface area contributed by atoms with Crippen molar-refractivity contribution < 1.29 is 14.3 Å². The molecule has 0 aliphatic rings. The number of terminal acetylenes is 1. The highest BCUT2D eigenvalue weighted by Gasteiger charge is 2.20. The minimum absolute atomic E-state index is 0.00865. The molecule has 2 rings (SSSR count). The van der Waals surface area contributed by atoms with E-state index in [0.717, 1.165) is 5.56 Å². The monoisotopic (exact) mass is 397 g/mol. The number of hydrogen-bond acceptors (Lipinski definition) is 4. The molecule has 0 amide bonds. The van der Waals surface area contributed by atoms with Crippen LogP contribution in [0.25, 0.3) is 11.8 Å². The SMILES string of the molecule is C#C/C(C(=O)OC)=C(/OCc1ccccc1)c1ccc(Br)nc1C=C. The van der Waals surface area contributed by atoms with E-state index < -0.39 is 5.97 Å². The van der Waals surface area contributed by atoms with Crippen molar-refractivity contribution in [1.82, 2.24) is 4.98 Å². The molecule has 1 heterocycles. The largest absolute Gasteiger partial charge is 0.487 e. The maximum atomic E-state index is 12.1.